The number of benzene rings is 2. The molecule has 0 aliphatic carbocycles. The van der Waals surface area contributed by atoms with Gasteiger partial charge < -0.3 is 10.1 Å². The Morgan fingerprint density at radius 1 is 0.950 bits per heavy atom. The molecule has 1 N–H and O–H groups in total. The lowest BCUT2D eigenvalue weighted by molar-refractivity contribution is 0.0601. The molecule has 2 aromatic rings. The molecule has 0 unspecified atom stereocenters. The van der Waals surface area contributed by atoms with Crippen molar-refractivity contribution in [1.29, 1.82) is 0 Å². The standard InChI is InChI=1S/C17H17NO2/c1-18-16-11-7-14(8-12-16)4-3-13-5-9-15(10-6-13)17(19)20-2/h3-12,18H,1-2H3/b4-3+. The smallest absolute Gasteiger partial charge is 0.337 e. The van der Waals surface area contributed by atoms with Crippen LogP contribution in [0, 0.1) is 0 Å². The van der Waals surface area contributed by atoms with Gasteiger partial charge in [-0.25, -0.2) is 4.79 Å². The maximum Gasteiger partial charge on any atom is 0.337 e. The molecule has 3 nitrogen and oxygen atoms in total. The second-order valence-electron chi connectivity index (χ2n) is 4.32. The first-order chi connectivity index (χ1) is 9.72. The van der Waals surface area contributed by atoms with Crippen molar-refractivity contribution in [2.75, 3.05) is 19.5 Å². The van der Waals surface area contributed by atoms with Gasteiger partial charge in [0.2, 0.25) is 0 Å². The summed E-state index contributed by atoms with van der Waals surface area (Å²) >= 11 is 0. The molecule has 0 saturated heterocycles. The van der Waals surface area contributed by atoms with E-state index in [0.29, 0.717) is 5.56 Å². The first-order valence-electron chi connectivity index (χ1n) is 6.37. The number of carbonyl (C=O) groups is 1. The number of nitrogens with one attached hydrogen (secondary N) is 1. The third-order valence-electron chi connectivity index (χ3n) is 3.00. The van der Waals surface area contributed by atoms with Crippen molar-refractivity contribution in [2.24, 2.45) is 0 Å². The third kappa shape index (κ3) is 3.48. The van der Waals surface area contributed by atoms with E-state index in [2.05, 4.69) is 10.1 Å². The number of hydrogen-bond donors (Lipinski definition) is 1. The Morgan fingerprint density at radius 3 is 1.90 bits per heavy atom. The van der Waals surface area contributed by atoms with Crippen LogP contribution in [-0.4, -0.2) is 20.1 Å². The quantitative estimate of drug-likeness (QED) is 0.678. The molecule has 2 rings (SSSR count). The Kier molecular flexibility index (Phi) is 4.56. The zero-order chi connectivity index (χ0) is 14.4. The first kappa shape index (κ1) is 13.9. The summed E-state index contributed by atoms with van der Waals surface area (Å²) in [6, 6.07) is 15.5. The first-order valence-corrected chi connectivity index (χ1v) is 6.37. The molecule has 2 aromatic carbocycles. The predicted octanol–water partition coefficient (Wildman–Crippen LogP) is 3.69. The average Bonchev–Trinajstić information content (AvgIpc) is 2.53. The lowest BCUT2D eigenvalue weighted by Crippen LogP contribution is -2.00. The summed E-state index contributed by atoms with van der Waals surface area (Å²) in [4.78, 5) is 11.3. The summed E-state index contributed by atoms with van der Waals surface area (Å²) in [5.74, 6) is -0.316. The number of methoxy groups -OCH3 is 1. The molecule has 0 aliphatic rings. The number of hydrogen-bond acceptors (Lipinski definition) is 3. The van der Waals surface area contributed by atoms with Gasteiger partial charge in [0.15, 0.2) is 0 Å². The minimum absolute atomic E-state index is 0.316. The van der Waals surface area contributed by atoms with E-state index in [-0.39, 0.29) is 5.97 Å². The monoisotopic (exact) mass is 267 g/mol. The van der Waals surface area contributed by atoms with Gasteiger partial charge >= 0.3 is 5.97 Å². The van der Waals surface area contributed by atoms with Gasteiger partial charge in [-0.1, -0.05) is 36.4 Å². The van der Waals surface area contributed by atoms with Gasteiger partial charge in [0.25, 0.3) is 0 Å². The van der Waals surface area contributed by atoms with Crippen molar-refractivity contribution in [3.05, 3.63) is 65.2 Å². The van der Waals surface area contributed by atoms with Crippen LogP contribution in [0.1, 0.15) is 21.5 Å². The van der Waals surface area contributed by atoms with Crippen LogP contribution < -0.4 is 5.32 Å². The van der Waals surface area contributed by atoms with Crippen LogP contribution in [0.25, 0.3) is 12.2 Å². The van der Waals surface area contributed by atoms with E-state index in [1.165, 1.54) is 7.11 Å². The molecule has 0 amide bonds. The highest BCUT2D eigenvalue weighted by Crippen LogP contribution is 2.13. The van der Waals surface area contributed by atoms with Gasteiger partial charge in [-0.15, -0.1) is 0 Å². The highest BCUT2D eigenvalue weighted by molar-refractivity contribution is 5.89. The van der Waals surface area contributed by atoms with Crippen LogP contribution in [-0.2, 0) is 4.74 Å². The van der Waals surface area contributed by atoms with E-state index in [1.807, 2.05) is 55.6 Å². The zero-order valence-electron chi connectivity index (χ0n) is 11.6. The van der Waals surface area contributed by atoms with E-state index in [0.717, 1.165) is 16.8 Å². The molecule has 0 aliphatic heterocycles. The number of carbonyl (C=O) groups excluding carboxylic acids is 1. The van der Waals surface area contributed by atoms with Gasteiger partial charge in [-0.05, 0) is 35.4 Å². The largest absolute Gasteiger partial charge is 0.465 e. The molecule has 0 fully saturated rings. The van der Waals surface area contributed by atoms with Gasteiger partial charge in [-0.3, -0.25) is 0 Å². The molecule has 0 saturated carbocycles. The van der Waals surface area contributed by atoms with Crippen LogP contribution in [0.2, 0.25) is 0 Å². The summed E-state index contributed by atoms with van der Waals surface area (Å²) in [6.45, 7) is 0. The molecule has 0 radical (unpaired) electrons. The molecule has 3 heteroatoms. The van der Waals surface area contributed by atoms with Crippen molar-refractivity contribution in [3.8, 4) is 0 Å². The fourth-order valence-electron chi connectivity index (χ4n) is 1.80. The van der Waals surface area contributed by atoms with E-state index in [4.69, 9.17) is 0 Å². The Bertz CT molecular complexity index is 598. The summed E-state index contributed by atoms with van der Waals surface area (Å²) in [5.41, 5.74) is 3.81. The summed E-state index contributed by atoms with van der Waals surface area (Å²) < 4.78 is 4.66. The second-order valence-corrected chi connectivity index (χ2v) is 4.32. The minimum atomic E-state index is -0.316. The van der Waals surface area contributed by atoms with Crippen LogP contribution in [0.3, 0.4) is 0 Å². The van der Waals surface area contributed by atoms with Gasteiger partial charge in [0.05, 0.1) is 12.7 Å². The lowest BCUT2D eigenvalue weighted by Gasteiger charge is -2.00. The topological polar surface area (TPSA) is 38.3 Å². The highest BCUT2D eigenvalue weighted by Gasteiger charge is 2.02. The lowest BCUT2D eigenvalue weighted by atomic mass is 10.1. The third-order valence-corrected chi connectivity index (χ3v) is 3.00. The van der Waals surface area contributed by atoms with Crippen molar-refractivity contribution in [2.45, 2.75) is 0 Å². The Hall–Kier alpha value is -2.55. The van der Waals surface area contributed by atoms with Gasteiger partial charge in [0.1, 0.15) is 0 Å². The molecule has 0 aromatic heterocycles. The van der Waals surface area contributed by atoms with Crippen molar-refractivity contribution in [3.63, 3.8) is 0 Å². The molecular weight excluding hydrogens is 250 g/mol. The molecule has 0 heterocycles. The SMILES string of the molecule is CNc1ccc(/C=C/c2ccc(C(=O)OC)cc2)cc1. The molecule has 0 spiro atoms. The molecule has 0 atom stereocenters. The Morgan fingerprint density at radius 2 is 1.45 bits per heavy atom. The normalized spacial score (nSPS) is 10.5. The minimum Gasteiger partial charge on any atom is -0.465 e. The number of ether oxygens (including phenoxy) is 1. The van der Waals surface area contributed by atoms with E-state index >= 15 is 0 Å². The Labute approximate surface area is 118 Å². The highest BCUT2D eigenvalue weighted by atomic mass is 16.5. The summed E-state index contributed by atoms with van der Waals surface area (Å²) in [6.07, 6.45) is 4.04. The van der Waals surface area contributed by atoms with E-state index in [9.17, 15) is 4.79 Å². The molecule has 20 heavy (non-hydrogen) atoms. The number of anilines is 1. The van der Waals surface area contributed by atoms with Crippen molar-refractivity contribution in [1.82, 2.24) is 0 Å². The van der Waals surface area contributed by atoms with Crippen molar-refractivity contribution >= 4 is 23.8 Å². The van der Waals surface area contributed by atoms with Gasteiger partial charge in [-0.2, -0.15) is 0 Å². The van der Waals surface area contributed by atoms with Crippen molar-refractivity contribution < 1.29 is 9.53 Å². The van der Waals surface area contributed by atoms with E-state index < -0.39 is 0 Å². The maximum absolute atomic E-state index is 11.3. The average molecular weight is 267 g/mol. The maximum atomic E-state index is 11.3. The molecule has 0 bridgehead atoms. The van der Waals surface area contributed by atoms with Gasteiger partial charge in [0, 0.05) is 12.7 Å². The fraction of sp³-hybridized carbons (Fsp3) is 0.118. The van der Waals surface area contributed by atoms with Crippen LogP contribution in [0.5, 0.6) is 0 Å². The van der Waals surface area contributed by atoms with Crippen LogP contribution >= 0.6 is 0 Å². The predicted molar refractivity (Wildman–Crippen MR) is 82.7 cm³/mol. The second kappa shape index (κ2) is 6.57. The zero-order valence-corrected chi connectivity index (χ0v) is 11.6. The fourth-order valence-corrected chi connectivity index (χ4v) is 1.80. The summed E-state index contributed by atoms with van der Waals surface area (Å²) in [7, 11) is 3.28. The van der Waals surface area contributed by atoms with Crippen LogP contribution in [0.15, 0.2) is 48.5 Å². The molecule has 102 valence electrons. The molecular formula is C17H17NO2. The van der Waals surface area contributed by atoms with Crippen LogP contribution in [0.4, 0.5) is 5.69 Å². The van der Waals surface area contributed by atoms with E-state index in [1.54, 1.807) is 12.1 Å². The number of rotatable bonds is 4. The number of esters is 1. The summed E-state index contributed by atoms with van der Waals surface area (Å²) in [5, 5.41) is 3.08. The Balaban J connectivity index is 2.08.